The molecule has 3 aromatic carbocycles. The number of amides is 1. The summed E-state index contributed by atoms with van der Waals surface area (Å²) in [5.41, 5.74) is 3.17. The maximum absolute atomic E-state index is 13.1. The van der Waals surface area contributed by atoms with Crippen molar-refractivity contribution in [3.63, 3.8) is 0 Å². The highest BCUT2D eigenvalue weighted by atomic mass is 32.2. The van der Waals surface area contributed by atoms with Crippen molar-refractivity contribution in [1.82, 2.24) is 0 Å². The average molecular weight is 500 g/mol. The Kier molecular flexibility index (Phi) is 5.96. The zero-order chi connectivity index (χ0) is 24.7. The van der Waals surface area contributed by atoms with E-state index in [9.17, 15) is 22.8 Å². The van der Waals surface area contributed by atoms with E-state index >= 15 is 0 Å². The predicted molar refractivity (Wildman–Crippen MR) is 124 cm³/mol. The van der Waals surface area contributed by atoms with Crippen LogP contribution in [-0.4, -0.2) is 23.6 Å². The summed E-state index contributed by atoms with van der Waals surface area (Å²) in [6.07, 6.45) is -1.82. The first-order valence-electron chi connectivity index (χ1n) is 11.0. The number of hydrogen-bond acceptors (Lipinski definition) is 4. The smallest absolute Gasteiger partial charge is 0.416 e. The maximum atomic E-state index is 13.1. The van der Waals surface area contributed by atoms with Gasteiger partial charge in [0.05, 0.1) is 12.1 Å². The summed E-state index contributed by atoms with van der Waals surface area (Å²) < 4.78 is 44.3. The van der Waals surface area contributed by atoms with Gasteiger partial charge in [0.1, 0.15) is 5.75 Å². The van der Waals surface area contributed by atoms with Crippen LogP contribution in [0.3, 0.4) is 0 Å². The Bertz CT molecular complexity index is 1320. The second-order valence-electron chi connectivity index (χ2n) is 8.38. The molecule has 0 unspecified atom stereocenters. The van der Waals surface area contributed by atoms with Crippen molar-refractivity contribution < 1.29 is 32.6 Å². The quantitative estimate of drug-likeness (QED) is 0.453. The number of carbonyl (C=O) groups excluding carboxylic acids is 1. The fourth-order valence-electron chi connectivity index (χ4n) is 4.57. The van der Waals surface area contributed by atoms with Crippen molar-refractivity contribution in [2.75, 3.05) is 11.5 Å². The highest BCUT2D eigenvalue weighted by Gasteiger charge is 2.33. The molecule has 1 aliphatic heterocycles. The zero-order valence-corrected chi connectivity index (χ0v) is 19.2. The van der Waals surface area contributed by atoms with E-state index in [1.807, 2.05) is 12.1 Å². The summed E-state index contributed by atoms with van der Waals surface area (Å²) in [4.78, 5) is 27.4. The van der Waals surface area contributed by atoms with Gasteiger partial charge in [0.15, 0.2) is 6.61 Å². The molecule has 35 heavy (non-hydrogen) atoms. The molecule has 0 aromatic heterocycles. The molecule has 1 N–H and O–H groups in total. The van der Waals surface area contributed by atoms with Crippen LogP contribution in [0, 0.1) is 0 Å². The number of anilines is 1. The number of carboxylic acid groups (broad SMARTS) is 1. The molecule has 9 heteroatoms. The highest BCUT2D eigenvalue weighted by molar-refractivity contribution is 7.99. The molecule has 1 aliphatic carbocycles. The number of alkyl halides is 3. The van der Waals surface area contributed by atoms with Crippen molar-refractivity contribution in [2.24, 2.45) is 0 Å². The monoisotopic (exact) mass is 499 g/mol. The summed E-state index contributed by atoms with van der Waals surface area (Å²) in [6.45, 7) is -0.127. The lowest BCUT2D eigenvalue weighted by Gasteiger charge is -2.17. The molecule has 180 valence electrons. The first-order valence-corrected chi connectivity index (χ1v) is 11.8. The molecule has 0 saturated carbocycles. The second kappa shape index (κ2) is 8.96. The number of aliphatic carboxylic acids is 1. The molecular weight excluding hydrogens is 479 g/mol. The van der Waals surface area contributed by atoms with Crippen molar-refractivity contribution in [1.29, 1.82) is 0 Å². The molecule has 0 bridgehead atoms. The van der Waals surface area contributed by atoms with Crippen LogP contribution in [0.15, 0.2) is 64.4 Å². The van der Waals surface area contributed by atoms with Crippen LogP contribution < -0.4 is 9.64 Å². The average Bonchev–Trinajstić information content (AvgIpc) is 3.44. The minimum Gasteiger partial charge on any atom is -0.482 e. The largest absolute Gasteiger partial charge is 0.482 e. The van der Waals surface area contributed by atoms with Crippen LogP contribution >= 0.6 is 11.8 Å². The maximum Gasteiger partial charge on any atom is 0.416 e. The Morgan fingerprint density at radius 2 is 1.69 bits per heavy atom. The minimum absolute atomic E-state index is 0.246. The summed E-state index contributed by atoms with van der Waals surface area (Å²) >= 11 is 1.54. The number of benzene rings is 3. The van der Waals surface area contributed by atoms with E-state index in [2.05, 4.69) is 0 Å². The Labute approximate surface area is 203 Å². The Morgan fingerprint density at radius 3 is 2.40 bits per heavy atom. The van der Waals surface area contributed by atoms with Gasteiger partial charge in [0.2, 0.25) is 0 Å². The summed E-state index contributed by atoms with van der Waals surface area (Å²) in [6, 6.07) is 13.8. The minimum atomic E-state index is -4.44. The summed E-state index contributed by atoms with van der Waals surface area (Å²) in [5.74, 6) is -0.687. The zero-order valence-electron chi connectivity index (χ0n) is 18.4. The van der Waals surface area contributed by atoms with E-state index in [1.54, 1.807) is 18.2 Å². The lowest BCUT2D eigenvalue weighted by atomic mass is 10.1. The molecule has 1 amide bonds. The van der Waals surface area contributed by atoms with E-state index in [-0.39, 0.29) is 12.5 Å². The first kappa shape index (κ1) is 23.3. The van der Waals surface area contributed by atoms with Crippen molar-refractivity contribution in [3.8, 4) is 5.75 Å². The number of fused-ring (bicyclic) bond motifs is 2. The molecule has 0 saturated heterocycles. The Morgan fingerprint density at radius 1 is 0.971 bits per heavy atom. The molecule has 0 spiro atoms. The third-order valence-electron chi connectivity index (χ3n) is 6.20. The number of carboxylic acids is 1. The second-order valence-corrected chi connectivity index (χ2v) is 9.46. The van der Waals surface area contributed by atoms with E-state index in [0.29, 0.717) is 17.0 Å². The van der Waals surface area contributed by atoms with Gasteiger partial charge in [-0.05, 0) is 84.5 Å². The number of nitrogens with zero attached hydrogens (tertiary/aromatic N) is 1. The van der Waals surface area contributed by atoms with E-state index in [4.69, 9.17) is 9.84 Å². The van der Waals surface area contributed by atoms with Gasteiger partial charge in [-0.1, -0.05) is 17.8 Å². The molecule has 2 aliphatic rings. The topological polar surface area (TPSA) is 66.8 Å². The lowest BCUT2D eigenvalue weighted by Crippen LogP contribution is -2.23. The number of hydrogen-bond donors (Lipinski definition) is 1. The lowest BCUT2D eigenvalue weighted by molar-refractivity contribution is -0.139. The fourth-order valence-corrected chi connectivity index (χ4v) is 5.73. The van der Waals surface area contributed by atoms with E-state index in [0.717, 1.165) is 57.9 Å². The fraction of sp³-hybridized carbons (Fsp3) is 0.231. The van der Waals surface area contributed by atoms with Gasteiger partial charge < -0.3 is 14.7 Å². The summed E-state index contributed by atoms with van der Waals surface area (Å²) in [7, 11) is 0. The van der Waals surface area contributed by atoms with Crippen LogP contribution in [0.1, 0.15) is 39.0 Å². The van der Waals surface area contributed by atoms with Gasteiger partial charge in [0, 0.05) is 21.0 Å². The van der Waals surface area contributed by atoms with Crippen molar-refractivity contribution in [3.05, 3.63) is 82.4 Å². The standard InChI is InChI=1S/C26H20F3NO4S/c27-26(28,29)15-7-9-16(10-8-15)30-13-20-19(25(30)33)5-2-6-22(20)35-23-12-11-21(34-14-24(31)32)17-3-1-4-18(17)23/h2,5-12H,1,3-4,13-14H2,(H,31,32). The van der Waals surface area contributed by atoms with Crippen LogP contribution in [0.5, 0.6) is 5.75 Å². The number of halogens is 3. The van der Waals surface area contributed by atoms with Gasteiger partial charge in [-0.3, -0.25) is 4.79 Å². The van der Waals surface area contributed by atoms with Gasteiger partial charge >= 0.3 is 12.1 Å². The molecule has 3 aromatic rings. The van der Waals surface area contributed by atoms with Gasteiger partial charge in [-0.15, -0.1) is 0 Å². The summed E-state index contributed by atoms with van der Waals surface area (Å²) in [5, 5.41) is 8.93. The molecule has 5 rings (SSSR count). The number of rotatable bonds is 6. The molecule has 0 atom stereocenters. The molecule has 0 fully saturated rings. The van der Waals surface area contributed by atoms with E-state index in [1.165, 1.54) is 28.8 Å². The van der Waals surface area contributed by atoms with Crippen molar-refractivity contribution >= 4 is 29.3 Å². The molecular formula is C26H20F3NO4S. The van der Waals surface area contributed by atoms with Crippen molar-refractivity contribution in [2.45, 2.75) is 41.8 Å². The predicted octanol–water partition coefficient (Wildman–Crippen LogP) is 5.97. The third kappa shape index (κ3) is 4.48. The van der Waals surface area contributed by atoms with Gasteiger partial charge in [0.25, 0.3) is 5.91 Å². The normalized spacial score (nSPS) is 14.7. The molecule has 1 heterocycles. The van der Waals surface area contributed by atoms with Crippen LogP contribution in [0.25, 0.3) is 0 Å². The molecule has 0 radical (unpaired) electrons. The number of carbonyl (C=O) groups is 2. The molecule has 5 nitrogen and oxygen atoms in total. The number of ether oxygens (including phenoxy) is 1. The third-order valence-corrected chi connectivity index (χ3v) is 7.41. The first-order chi connectivity index (χ1) is 16.7. The van der Waals surface area contributed by atoms with Gasteiger partial charge in [-0.25, -0.2) is 4.79 Å². The SMILES string of the molecule is O=C(O)COc1ccc(Sc2cccc3c2CN(c2ccc(C(F)(F)F)cc2)C3=O)c2c1CCC2. The van der Waals surface area contributed by atoms with Crippen LogP contribution in [-0.2, 0) is 30.4 Å². The Hall–Kier alpha value is -3.46. The van der Waals surface area contributed by atoms with Crippen LogP contribution in [0.2, 0.25) is 0 Å². The highest BCUT2D eigenvalue weighted by Crippen LogP contribution is 2.43. The Balaban J connectivity index is 1.42. The van der Waals surface area contributed by atoms with E-state index < -0.39 is 24.3 Å². The van der Waals surface area contributed by atoms with Crippen LogP contribution in [0.4, 0.5) is 18.9 Å². The van der Waals surface area contributed by atoms with Gasteiger partial charge in [-0.2, -0.15) is 13.2 Å².